The second kappa shape index (κ2) is 7.07. The molecule has 0 saturated heterocycles. The van der Waals surface area contributed by atoms with Gasteiger partial charge in [-0.2, -0.15) is 0 Å². The minimum atomic E-state index is -0.933. The van der Waals surface area contributed by atoms with Gasteiger partial charge in [0.2, 0.25) is 5.91 Å². The SMILES string of the molecule is CCC(CC)NC(=O)C(C)Nc1ccc(F)c(F)c1. The summed E-state index contributed by atoms with van der Waals surface area (Å²) in [5.74, 6) is -1.99. The van der Waals surface area contributed by atoms with Gasteiger partial charge in [-0.05, 0) is 31.9 Å². The first-order valence-electron chi connectivity index (χ1n) is 6.49. The number of anilines is 1. The Morgan fingerprint density at radius 3 is 2.37 bits per heavy atom. The molecule has 0 aliphatic carbocycles. The molecule has 1 unspecified atom stereocenters. The lowest BCUT2D eigenvalue weighted by Gasteiger charge is -2.20. The predicted octanol–water partition coefficient (Wildman–Crippen LogP) is 3.07. The summed E-state index contributed by atoms with van der Waals surface area (Å²) in [5.41, 5.74) is 0.381. The van der Waals surface area contributed by atoms with Crippen LogP contribution in [-0.2, 0) is 4.79 Å². The van der Waals surface area contributed by atoms with Crippen LogP contribution in [0.5, 0.6) is 0 Å². The fourth-order valence-electron chi connectivity index (χ4n) is 1.72. The molecule has 0 bridgehead atoms. The first-order chi connectivity index (χ1) is 8.97. The Morgan fingerprint density at radius 2 is 1.84 bits per heavy atom. The molecule has 0 spiro atoms. The normalized spacial score (nSPS) is 12.3. The molecule has 0 aliphatic rings. The standard InChI is InChI=1S/C14H20F2N2O/c1-4-10(5-2)18-14(19)9(3)17-11-6-7-12(15)13(16)8-11/h6-10,17H,4-5H2,1-3H3,(H,18,19). The minimum absolute atomic E-state index is 0.140. The third-order valence-electron chi connectivity index (χ3n) is 3.03. The van der Waals surface area contributed by atoms with Crippen molar-refractivity contribution in [2.75, 3.05) is 5.32 Å². The lowest BCUT2D eigenvalue weighted by molar-refractivity contribution is -0.122. The van der Waals surface area contributed by atoms with E-state index in [0.29, 0.717) is 5.69 Å². The molecule has 5 heteroatoms. The summed E-state index contributed by atoms with van der Waals surface area (Å²) in [6.45, 7) is 5.68. The fraction of sp³-hybridized carbons (Fsp3) is 0.500. The van der Waals surface area contributed by atoms with Gasteiger partial charge in [0.1, 0.15) is 6.04 Å². The number of nitrogens with one attached hydrogen (secondary N) is 2. The molecule has 19 heavy (non-hydrogen) atoms. The Balaban J connectivity index is 2.60. The van der Waals surface area contributed by atoms with Gasteiger partial charge < -0.3 is 10.6 Å². The van der Waals surface area contributed by atoms with Gasteiger partial charge in [0, 0.05) is 17.8 Å². The van der Waals surface area contributed by atoms with Gasteiger partial charge in [-0.3, -0.25) is 4.79 Å². The summed E-state index contributed by atoms with van der Waals surface area (Å²) in [6, 6.07) is 3.10. The van der Waals surface area contributed by atoms with Crippen LogP contribution in [0.2, 0.25) is 0 Å². The lowest BCUT2D eigenvalue weighted by Crippen LogP contribution is -2.42. The molecule has 1 atom stereocenters. The molecule has 0 heterocycles. The van der Waals surface area contributed by atoms with Gasteiger partial charge in [0.15, 0.2) is 11.6 Å². The topological polar surface area (TPSA) is 41.1 Å². The molecule has 1 rings (SSSR count). The highest BCUT2D eigenvalue weighted by Gasteiger charge is 2.16. The van der Waals surface area contributed by atoms with E-state index in [0.717, 1.165) is 25.0 Å². The molecule has 0 saturated carbocycles. The van der Waals surface area contributed by atoms with E-state index in [1.54, 1.807) is 6.92 Å². The van der Waals surface area contributed by atoms with Crippen molar-refractivity contribution in [2.45, 2.75) is 45.7 Å². The molecule has 0 aliphatic heterocycles. The Bertz CT molecular complexity index is 433. The van der Waals surface area contributed by atoms with Crippen molar-refractivity contribution in [3.63, 3.8) is 0 Å². The summed E-state index contributed by atoms with van der Waals surface area (Å²) in [4.78, 5) is 11.9. The average Bonchev–Trinajstić information content (AvgIpc) is 2.39. The zero-order valence-electron chi connectivity index (χ0n) is 11.5. The van der Waals surface area contributed by atoms with Crippen molar-refractivity contribution in [3.05, 3.63) is 29.8 Å². The van der Waals surface area contributed by atoms with E-state index in [-0.39, 0.29) is 11.9 Å². The first kappa shape index (κ1) is 15.4. The van der Waals surface area contributed by atoms with Crippen molar-refractivity contribution in [1.82, 2.24) is 5.32 Å². The summed E-state index contributed by atoms with van der Waals surface area (Å²) in [6.07, 6.45) is 1.72. The highest BCUT2D eigenvalue weighted by molar-refractivity contribution is 5.84. The average molecular weight is 270 g/mol. The van der Waals surface area contributed by atoms with Crippen LogP contribution in [0.25, 0.3) is 0 Å². The summed E-state index contributed by atoms with van der Waals surface area (Å²) < 4.78 is 25.8. The van der Waals surface area contributed by atoms with Crippen LogP contribution in [0.15, 0.2) is 18.2 Å². The third kappa shape index (κ3) is 4.50. The molecule has 0 aromatic heterocycles. The highest BCUT2D eigenvalue weighted by Crippen LogP contribution is 2.14. The van der Waals surface area contributed by atoms with E-state index in [2.05, 4.69) is 10.6 Å². The molecular formula is C14H20F2N2O. The number of halogens is 2. The number of hydrogen-bond acceptors (Lipinski definition) is 2. The van der Waals surface area contributed by atoms with Crippen LogP contribution in [0.4, 0.5) is 14.5 Å². The minimum Gasteiger partial charge on any atom is -0.374 e. The molecule has 1 amide bonds. The van der Waals surface area contributed by atoms with Crippen LogP contribution >= 0.6 is 0 Å². The zero-order chi connectivity index (χ0) is 14.4. The van der Waals surface area contributed by atoms with Crippen LogP contribution in [0.1, 0.15) is 33.6 Å². The Morgan fingerprint density at radius 1 is 1.21 bits per heavy atom. The molecular weight excluding hydrogens is 250 g/mol. The Labute approximate surface area is 112 Å². The largest absolute Gasteiger partial charge is 0.374 e. The van der Waals surface area contributed by atoms with E-state index in [1.807, 2.05) is 13.8 Å². The van der Waals surface area contributed by atoms with Crippen molar-refractivity contribution >= 4 is 11.6 Å². The fourth-order valence-corrected chi connectivity index (χ4v) is 1.72. The van der Waals surface area contributed by atoms with Crippen LogP contribution in [0.3, 0.4) is 0 Å². The maximum Gasteiger partial charge on any atom is 0.242 e. The van der Waals surface area contributed by atoms with Crippen LogP contribution < -0.4 is 10.6 Å². The number of amides is 1. The van der Waals surface area contributed by atoms with Crippen molar-refractivity contribution in [2.24, 2.45) is 0 Å². The quantitative estimate of drug-likeness (QED) is 0.834. The van der Waals surface area contributed by atoms with Gasteiger partial charge in [0.05, 0.1) is 0 Å². The van der Waals surface area contributed by atoms with E-state index >= 15 is 0 Å². The molecule has 1 aromatic rings. The van der Waals surface area contributed by atoms with E-state index in [4.69, 9.17) is 0 Å². The second-order valence-electron chi connectivity index (χ2n) is 4.52. The Hall–Kier alpha value is -1.65. The highest BCUT2D eigenvalue weighted by atomic mass is 19.2. The maximum absolute atomic E-state index is 13.0. The number of carbonyl (C=O) groups excluding carboxylic acids is 1. The Kier molecular flexibility index (Phi) is 5.73. The van der Waals surface area contributed by atoms with Gasteiger partial charge in [-0.15, -0.1) is 0 Å². The first-order valence-corrected chi connectivity index (χ1v) is 6.49. The molecule has 3 nitrogen and oxygen atoms in total. The lowest BCUT2D eigenvalue weighted by atomic mass is 10.1. The van der Waals surface area contributed by atoms with Crippen LogP contribution in [-0.4, -0.2) is 18.0 Å². The van der Waals surface area contributed by atoms with E-state index in [1.165, 1.54) is 6.07 Å². The van der Waals surface area contributed by atoms with E-state index in [9.17, 15) is 13.6 Å². The van der Waals surface area contributed by atoms with Crippen molar-refractivity contribution in [3.8, 4) is 0 Å². The third-order valence-corrected chi connectivity index (χ3v) is 3.03. The number of carbonyl (C=O) groups is 1. The number of benzene rings is 1. The molecule has 106 valence electrons. The van der Waals surface area contributed by atoms with Crippen molar-refractivity contribution < 1.29 is 13.6 Å². The summed E-state index contributed by atoms with van der Waals surface area (Å²) in [7, 11) is 0. The van der Waals surface area contributed by atoms with Gasteiger partial charge in [-0.25, -0.2) is 8.78 Å². The monoisotopic (exact) mass is 270 g/mol. The predicted molar refractivity (Wildman–Crippen MR) is 72.0 cm³/mol. The molecule has 0 radical (unpaired) electrons. The van der Waals surface area contributed by atoms with Gasteiger partial charge in [-0.1, -0.05) is 13.8 Å². The second-order valence-corrected chi connectivity index (χ2v) is 4.52. The van der Waals surface area contributed by atoms with Crippen molar-refractivity contribution in [1.29, 1.82) is 0 Å². The summed E-state index contributed by atoms with van der Waals surface area (Å²) in [5, 5.41) is 5.74. The van der Waals surface area contributed by atoms with E-state index < -0.39 is 17.7 Å². The van der Waals surface area contributed by atoms with Gasteiger partial charge >= 0.3 is 0 Å². The zero-order valence-corrected chi connectivity index (χ0v) is 11.5. The molecule has 0 fully saturated rings. The van der Waals surface area contributed by atoms with Crippen LogP contribution in [0, 0.1) is 11.6 Å². The number of hydrogen-bond donors (Lipinski definition) is 2. The number of rotatable bonds is 6. The smallest absolute Gasteiger partial charge is 0.242 e. The maximum atomic E-state index is 13.0. The molecule has 1 aromatic carbocycles. The summed E-state index contributed by atoms with van der Waals surface area (Å²) >= 11 is 0. The van der Waals surface area contributed by atoms with Gasteiger partial charge in [0.25, 0.3) is 0 Å². The molecule has 2 N–H and O–H groups in total.